The Morgan fingerprint density at radius 1 is 0.786 bits per heavy atom. The van der Waals surface area contributed by atoms with Crippen LogP contribution in [0.25, 0.3) is 5.70 Å². The summed E-state index contributed by atoms with van der Waals surface area (Å²) in [5.74, 6) is -0.452. The molecule has 2 aliphatic rings. The molecular weight excluding hydrogens is 577 g/mol. The molecular formula is C29H41F3N2O7S. The smallest absolute Gasteiger partial charge is 0.443 e. The molecule has 1 aromatic rings. The summed E-state index contributed by atoms with van der Waals surface area (Å²) in [6.07, 6.45) is 3.48. The summed E-state index contributed by atoms with van der Waals surface area (Å²) in [4.78, 5) is 26.8. The molecule has 0 aliphatic carbocycles. The number of alkyl halides is 3. The molecule has 0 saturated heterocycles. The molecule has 0 radical (unpaired) electrons. The molecule has 0 fully saturated rings. The maximum Gasteiger partial charge on any atom is 0.534 e. The highest BCUT2D eigenvalue weighted by atomic mass is 32.2. The van der Waals surface area contributed by atoms with Crippen LogP contribution in [0.2, 0.25) is 0 Å². The first-order valence-corrected chi connectivity index (χ1v) is 15.0. The molecule has 0 aromatic heterocycles. The van der Waals surface area contributed by atoms with E-state index in [2.05, 4.69) is 17.2 Å². The van der Waals surface area contributed by atoms with Crippen molar-refractivity contribution in [2.45, 2.75) is 84.9 Å². The lowest BCUT2D eigenvalue weighted by Gasteiger charge is -2.33. The van der Waals surface area contributed by atoms with Gasteiger partial charge in [0.05, 0.1) is 5.70 Å². The van der Waals surface area contributed by atoms with Gasteiger partial charge < -0.3 is 13.7 Å². The number of rotatable bonds is 3. The van der Waals surface area contributed by atoms with Gasteiger partial charge in [-0.05, 0) is 77.9 Å². The number of carbonyl (C=O) groups excluding carboxylic acids is 2. The third-order valence-electron chi connectivity index (χ3n) is 5.82. The highest BCUT2D eigenvalue weighted by Crippen LogP contribution is 2.31. The van der Waals surface area contributed by atoms with Crippen LogP contribution in [0.3, 0.4) is 0 Å². The van der Waals surface area contributed by atoms with Crippen LogP contribution in [0.4, 0.5) is 22.8 Å². The molecule has 0 saturated carbocycles. The third kappa shape index (κ3) is 10.6. The summed E-state index contributed by atoms with van der Waals surface area (Å²) >= 11 is 0. The number of allylic oxidation sites excluding steroid dienone is 2. The standard InChI is InChI=1S/C17H23NO2.C12H18F3NO5S/c1-13-10-11-18(16(19)20-17(2,3)4)15(12-13)14-8-6-5-7-9-14;1-8-5-6-16(10(17)20-11(2,3)4)9(7-8)21-22(18,19)12(13,14)15/h5-9,12-13H,10-11H2,1-4H3;7-8H,5-6H2,1-4H3/t13-;8-/m00/s1. The lowest BCUT2D eigenvalue weighted by Crippen LogP contribution is -2.41. The Kier molecular flexibility index (Phi) is 11.2. The highest BCUT2D eigenvalue weighted by molar-refractivity contribution is 7.87. The maximum atomic E-state index is 12.4. The Balaban J connectivity index is 0.000000294. The van der Waals surface area contributed by atoms with Crippen LogP contribution in [0, 0.1) is 11.8 Å². The zero-order chi connectivity index (χ0) is 32.1. The molecule has 3 rings (SSSR count). The fraction of sp³-hybridized carbons (Fsp3) is 0.586. The fourth-order valence-electron chi connectivity index (χ4n) is 3.85. The normalized spacial score (nSPS) is 20.0. The van der Waals surface area contributed by atoms with Crippen LogP contribution < -0.4 is 0 Å². The average molecular weight is 619 g/mol. The van der Waals surface area contributed by atoms with E-state index in [9.17, 15) is 31.2 Å². The van der Waals surface area contributed by atoms with Crippen molar-refractivity contribution in [1.29, 1.82) is 0 Å². The highest BCUT2D eigenvalue weighted by Gasteiger charge is 2.50. The number of ether oxygens (including phenoxy) is 2. The summed E-state index contributed by atoms with van der Waals surface area (Å²) in [5, 5.41) is 0. The first kappa shape index (κ1) is 35.0. The average Bonchev–Trinajstić information content (AvgIpc) is 2.82. The van der Waals surface area contributed by atoms with Crippen molar-refractivity contribution in [3.05, 3.63) is 53.9 Å². The monoisotopic (exact) mass is 618 g/mol. The summed E-state index contributed by atoms with van der Waals surface area (Å²) in [7, 11) is -5.85. The quantitative estimate of drug-likeness (QED) is 0.259. The Hall–Kier alpha value is -3.22. The van der Waals surface area contributed by atoms with Gasteiger partial charge in [0, 0.05) is 13.1 Å². The van der Waals surface area contributed by atoms with Crippen LogP contribution in [0.15, 0.2) is 48.4 Å². The Morgan fingerprint density at radius 3 is 1.71 bits per heavy atom. The van der Waals surface area contributed by atoms with Crippen molar-refractivity contribution in [3.63, 3.8) is 0 Å². The lowest BCUT2D eigenvalue weighted by atomic mass is 9.98. The number of nitrogens with zero attached hydrogens (tertiary/aromatic N) is 2. The molecule has 2 aliphatic heterocycles. The molecule has 236 valence electrons. The molecule has 0 bridgehead atoms. The number of carbonyl (C=O) groups is 2. The number of amides is 2. The van der Waals surface area contributed by atoms with Crippen LogP contribution in [-0.4, -0.2) is 60.2 Å². The maximum absolute atomic E-state index is 12.4. The van der Waals surface area contributed by atoms with Crippen LogP contribution in [-0.2, 0) is 23.8 Å². The van der Waals surface area contributed by atoms with Gasteiger partial charge in [-0.3, -0.25) is 4.90 Å². The molecule has 0 unspecified atom stereocenters. The van der Waals surface area contributed by atoms with Gasteiger partial charge in [-0.15, -0.1) is 0 Å². The van der Waals surface area contributed by atoms with E-state index in [0.717, 1.165) is 28.7 Å². The first-order chi connectivity index (χ1) is 19.1. The molecule has 0 N–H and O–H groups in total. The number of hydrogen-bond donors (Lipinski definition) is 0. The van der Waals surface area contributed by atoms with Gasteiger partial charge in [-0.2, -0.15) is 21.6 Å². The second-order valence-corrected chi connectivity index (χ2v) is 13.7. The fourth-order valence-corrected chi connectivity index (χ4v) is 4.32. The number of halogens is 3. The minimum absolute atomic E-state index is 0.00467. The predicted molar refractivity (Wildman–Crippen MR) is 152 cm³/mol. The number of benzene rings is 1. The van der Waals surface area contributed by atoms with E-state index in [1.165, 1.54) is 0 Å². The molecule has 0 spiro atoms. The second kappa shape index (κ2) is 13.4. The topological polar surface area (TPSA) is 102 Å². The van der Waals surface area contributed by atoms with Gasteiger partial charge in [-0.1, -0.05) is 50.3 Å². The summed E-state index contributed by atoms with van der Waals surface area (Å²) in [6.45, 7) is 14.9. The Labute approximate surface area is 246 Å². The zero-order valence-electron chi connectivity index (χ0n) is 25.3. The van der Waals surface area contributed by atoms with Gasteiger partial charge >= 0.3 is 27.8 Å². The molecule has 13 heteroatoms. The second-order valence-electron chi connectivity index (χ2n) is 12.2. The summed E-state index contributed by atoms with van der Waals surface area (Å²) in [5.41, 5.74) is -4.91. The van der Waals surface area contributed by atoms with Gasteiger partial charge in [0.2, 0.25) is 5.88 Å². The van der Waals surface area contributed by atoms with Crippen LogP contribution in [0.1, 0.15) is 73.8 Å². The van der Waals surface area contributed by atoms with Crippen LogP contribution in [0.5, 0.6) is 0 Å². The molecule has 9 nitrogen and oxygen atoms in total. The van der Waals surface area contributed by atoms with Crippen molar-refractivity contribution < 1.29 is 44.8 Å². The van der Waals surface area contributed by atoms with E-state index in [4.69, 9.17) is 9.47 Å². The molecule has 2 amide bonds. The minimum atomic E-state index is -5.85. The van der Waals surface area contributed by atoms with Crippen LogP contribution >= 0.6 is 0 Å². The van der Waals surface area contributed by atoms with Crippen molar-refractivity contribution in [1.82, 2.24) is 9.80 Å². The van der Waals surface area contributed by atoms with E-state index in [0.29, 0.717) is 18.9 Å². The molecule has 42 heavy (non-hydrogen) atoms. The lowest BCUT2D eigenvalue weighted by molar-refractivity contribution is -0.0545. The van der Waals surface area contributed by atoms with Crippen molar-refractivity contribution >= 4 is 28.0 Å². The van der Waals surface area contributed by atoms with Crippen molar-refractivity contribution in [2.24, 2.45) is 11.8 Å². The molecule has 2 heterocycles. The van der Waals surface area contributed by atoms with Crippen molar-refractivity contribution in [3.8, 4) is 0 Å². The molecule has 1 aromatic carbocycles. The molecule has 2 atom stereocenters. The number of hydrogen-bond acceptors (Lipinski definition) is 7. The van der Waals surface area contributed by atoms with Gasteiger partial charge in [-0.25, -0.2) is 14.5 Å². The Morgan fingerprint density at radius 2 is 1.24 bits per heavy atom. The summed E-state index contributed by atoms with van der Waals surface area (Å²) < 4.78 is 74.1. The predicted octanol–water partition coefficient (Wildman–Crippen LogP) is 7.28. The zero-order valence-corrected chi connectivity index (χ0v) is 26.1. The van der Waals surface area contributed by atoms with E-state index >= 15 is 0 Å². The van der Waals surface area contributed by atoms with Gasteiger partial charge in [0.15, 0.2) is 0 Å². The van der Waals surface area contributed by atoms with E-state index in [-0.39, 0.29) is 18.6 Å². The minimum Gasteiger partial charge on any atom is -0.443 e. The van der Waals surface area contributed by atoms with Gasteiger partial charge in [0.25, 0.3) is 0 Å². The summed E-state index contributed by atoms with van der Waals surface area (Å²) in [6, 6.07) is 10.0. The SMILES string of the molecule is C[C@@H]1C=C(OS(=O)(=O)C(F)(F)F)N(C(=O)OC(C)(C)C)CC1.C[C@@H]1C=C(c2ccccc2)N(C(=O)OC(C)(C)C)CC1. The van der Waals surface area contributed by atoms with E-state index in [1.807, 2.05) is 51.1 Å². The Bertz CT molecular complexity index is 1260. The first-order valence-electron chi connectivity index (χ1n) is 13.6. The van der Waals surface area contributed by atoms with E-state index in [1.54, 1.807) is 32.6 Å². The third-order valence-corrected chi connectivity index (χ3v) is 6.78. The van der Waals surface area contributed by atoms with E-state index < -0.39 is 38.8 Å². The largest absolute Gasteiger partial charge is 0.534 e. The van der Waals surface area contributed by atoms with Crippen molar-refractivity contribution in [2.75, 3.05) is 13.1 Å². The van der Waals surface area contributed by atoms with Gasteiger partial charge in [0.1, 0.15) is 11.2 Å².